The molecular formula is C20H21ClN4O3. The van der Waals surface area contributed by atoms with E-state index in [9.17, 15) is 4.79 Å². The average molecular weight is 401 g/mol. The average Bonchev–Trinajstić information content (AvgIpc) is 2.65. The molecule has 1 aromatic carbocycles. The molecule has 5 rings (SSSR count). The van der Waals surface area contributed by atoms with Gasteiger partial charge in [0.15, 0.2) is 0 Å². The summed E-state index contributed by atoms with van der Waals surface area (Å²) in [7, 11) is 1.61. The first kappa shape index (κ1) is 17.4. The van der Waals surface area contributed by atoms with E-state index in [-0.39, 0.29) is 11.4 Å². The number of ether oxygens (including phenoxy) is 2. The summed E-state index contributed by atoms with van der Waals surface area (Å²) in [5.41, 5.74) is 2.08. The molecule has 2 fully saturated rings. The van der Waals surface area contributed by atoms with Gasteiger partial charge in [-0.25, -0.2) is 9.78 Å². The van der Waals surface area contributed by atoms with Crippen LogP contribution in [0.15, 0.2) is 36.5 Å². The fourth-order valence-electron chi connectivity index (χ4n) is 4.29. The Morgan fingerprint density at radius 3 is 2.75 bits per heavy atom. The molecule has 146 valence electrons. The van der Waals surface area contributed by atoms with Crippen LogP contribution in [0, 0.1) is 5.41 Å². The first-order chi connectivity index (χ1) is 13.6. The van der Waals surface area contributed by atoms with Gasteiger partial charge in [-0.3, -0.25) is 4.90 Å². The Hall–Kier alpha value is -2.67. The highest BCUT2D eigenvalue weighted by molar-refractivity contribution is 6.30. The van der Waals surface area contributed by atoms with Crippen LogP contribution >= 0.6 is 11.6 Å². The lowest BCUT2D eigenvalue weighted by Crippen LogP contribution is -2.74. The lowest BCUT2D eigenvalue weighted by molar-refractivity contribution is 0.00965. The molecule has 7 nitrogen and oxygen atoms in total. The van der Waals surface area contributed by atoms with Gasteiger partial charge in [0.05, 0.1) is 31.2 Å². The lowest BCUT2D eigenvalue weighted by atomic mass is 9.73. The molecule has 1 spiro atoms. The van der Waals surface area contributed by atoms with Crippen LogP contribution in [0.5, 0.6) is 11.6 Å². The highest BCUT2D eigenvalue weighted by atomic mass is 35.5. The number of urea groups is 1. The third-order valence-corrected chi connectivity index (χ3v) is 5.92. The zero-order valence-corrected chi connectivity index (χ0v) is 16.4. The quantitative estimate of drug-likeness (QED) is 0.775. The number of nitrogens with zero attached hydrogens (tertiary/aromatic N) is 4. The van der Waals surface area contributed by atoms with Crippen LogP contribution in [0.4, 0.5) is 16.2 Å². The monoisotopic (exact) mass is 400 g/mol. The molecule has 28 heavy (non-hydrogen) atoms. The van der Waals surface area contributed by atoms with Gasteiger partial charge < -0.3 is 19.3 Å². The van der Waals surface area contributed by atoms with E-state index in [1.807, 2.05) is 29.3 Å². The summed E-state index contributed by atoms with van der Waals surface area (Å²) in [5, 5.41) is 0.610. The van der Waals surface area contributed by atoms with Crippen LogP contribution in [-0.2, 0) is 0 Å². The van der Waals surface area contributed by atoms with Crippen molar-refractivity contribution in [3.05, 3.63) is 41.6 Å². The third kappa shape index (κ3) is 2.81. The Balaban J connectivity index is 1.21. The minimum absolute atomic E-state index is 0.0436. The van der Waals surface area contributed by atoms with E-state index in [1.54, 1.807) is 24.1 Å². The predicted molar refractivity (Wildman–Crippen MR) is 107 cm³/mol. The normalized spacial score (nSPS) is 19.4. The molecule has 0 unspecified atom stereocenters. The summed E-state index contributed by atoms with van der Waals surface area (Å²) >= 11 is 6.04. The molecule has 3 aliphatic heterocycles. The number of pyridine rings is 1. The Morgan fingerprint density at radius 2 is 2.04 bits per heavy atom. The van der Waals surface area contributed by atoms with Gasteiger partial charge in [-0.05, 0) is 18.2 Å². The first-order valence-corrected chi connectivity index (χ1v) is 9.69. The Bertz CT molecular complexity index is 906. The van der Waals surface area contributed by atoms with Gasteiger partial charge in [-0.15, -0.1) is 0 Å². The second-order valence-electron chi connectivity index (χ2n) is 7.67. The van der Waals surface area contributed by atoms with Crippen LogP contribution in [-0.4, -0.2) is 62.4 Å². The zero-order chi connectivity index (χ0) is 19.3. The molecule has 0 atom stereocenters. The van der Waals surface area contributed by atoms with Crippen molar-refractivity contribution in [1.29, 1.82) is 0 Å². The maximum atomic E-state index is 13.0. The standard InChI is InChI=1S/C20H21ClN4O3/c1-27-18-5-3-15(9-22-18)23-10-20(11-23)12-24(13-20)19(26)25-6-7-28-17-8-14(21)2-4-16(17)25/h2-5,8-9H,6-7,10-13H2,1H3. The first-order valence-electron chi connectivity index (χ1n) is 9.31. The van der Waals surface area contributed by atoms with Gasteiger partial charge in [-0.1, -0.05) is 11.6 Å². The topological polar surface area (TPSA) is 58.1 Å². The maximum Gasteiger partial charge on any atom is 0.324 e. The van der Waals surface area contributed by atoms with Crippen LogP contribution < -0.4 is 19.3 Å². The number of amides is 2. The molecule has 2 aromatic rings. The van der Waals surface area contributed by atoms with E-state index >= 15 is 0 Å². The highest BCUT2D eigenvalue weighted by Gasteiger charge is 2.54. The summed E-state index contributed by atoms with van der Waals surface area (Å²) in [6.07, 6.45) is 1.84. The Kier molecular flexibility index (Phi) is 4.01. The number of carbonyl (C=O) groups excluding carboxylic acids is 1. The number of rotatable bonds is 2. The summed E-state index contributed by atoms with van der Waals surface area (Å²) in [5.74, 6) is 1.29. The SMILES string of the molecule is COc1ccc(N2CC3(CN(C(=O)N4CCOc5cc(Cl)ccc54)C3)C2)cn1. The molecule has 2 amide bonds. The molecule has 0 bridgehead atoms. The molecule has 0 aliphatic carbocycles. The molecule has 0 saturated carbocycles. The molecule has 0 N–H and O–H groups in total. The van der Waals surface area contributed by atoms with Crippen LogP contribution in [0.3, 0.4) is 0 Å². The van der Waals surface area contributed by atoms with Crippen LogP contribution in [0.1, 0.15) is 0 Å². The summed E-state index contributed by atoms with van der Waals surface area (Å²) in [4.78, 5) is 23.3. The van der Waals surface area contributed by atoms with E-state index in [1.165, 1.54) is 0 Å². The van der Waals surface area contributed by atoms with E-state index in [4.69, 9.17) is 21.1 Å². The number of aromatic nitrogens is 1. The molecule has 8 heteroatoms. The van der Waals surface area contributed by atoms with Crippen LogP contribution in [0.2, 0.25) is 5.02 Å². The number of halogens is 1. The number of hydrogen-bond acceptors (Lipinski definition) is 5. The molecule has 3 aliphatic rings. The summed E-state index contributed by atoms with van der Waals surface area (Å²) < 4.78 is 10.8. The van der Waals surface area contributed by atoms with Crippen LogP contribution in [0.25, 0.3) is 0 Å². The van der Waals surface area contributed by atoms with Gasteiger partial charge in [0.1, 0.15) is 12.4 Å². The lowest BCUT2D eigenvalue weighted by Gasteiger charge is -2.61. The second-order valence-corrected chi connectivity index (χ2v) is 8.10. The minimum atomic E-state index is 0.0436. The Labute approximate surface area is 168 Å². The van der Waals surface area contributed by atoms with Gasteiger partial charge >= 0.3 is 6.03 Å². The largest absolute Gasteiger partial charge is 0.489 e. The van der Waals surface area contributed by atoms with Crippen molar-refractivity contribution in [3.63, 3.8) is 0 Å². The molecule has 1 aromatic heterocycles. The number of likely N-dealkylation sites (tertiary alicyclic amines) is 1. The fraction of sp³-hybridized carbons (Fsp3) is 0.400. The second kappa shape index (κ2) is 6.44. The summed E-state index contributed by atoms with van der Waals surface area (Å²) in [6, 6.07) is 9.35. The van der Waals surface area contributed by atoms with Gasteiger partial charge in [-0.2, -0.15) is 0 Å². The van der Waals surface area contributed by atoms with Crippen molar-refractivity contribution >= 4 is 29.0 Å². The van der Waals surface area contributed by atoms with Crippen molar-refractivity contribution in [2.75, 3.05) is 56.2 Å². The molecular weight excluding hydrogens is 380 g/mol. The van der Waals surface area contributed by atoms with E-state index in [2.05, 4.69) is 9.88 Å². The predicted octanol–water partition coefficient (Wildman–Crippen LogP) is 2.88. The van der Waals surface area contributed by atoms with Gasteiger partial charge in [0, 0.05) is 48.7 Å². The number of hydrogen-bond donors (Lipinski definition) is 0. The van der Waals surface area contributed by atoms with Gasteiger partial charge in [0.25, 0.3) is 0 Å². The van der Waals surface area contributed by atoms with Crippen molar-refractivity contribution in [3.8, 4) is 11.6 Å². The maximum absolute atomic E-state index is 13.0. The smallest absolute Gasteiger partial charge is 0.324 e. The fourth-order valence-corrected chi connectivity index (χ4v) is 4.45. The molecule has 4 heterocycles. The van der Waals surface area contributed by atoms with E-state index in [0.29, 0.717) is 29.8 Å². The van der Waals surface area contributed by atoms with E-state index in [0.717, 1.165) is 37.6 Å². The van der Waals surface area contributed by atoms with E-state index < -0.39 is 0 Å². The number of anilines is 2. The zero-order valence-electron chi connectivity index (χ0n) is 15.6. The Morgan fingerprint density at radius 1 is 1.21 bits per heavy atom. The minimum Gasteiger partial charge on any atom is -0.489 e. The molecule has 0 radical (unpaired) electrons. The number of methoxy groups -OCH3 is 1. The van der Waals surface area contributed by atoms with Gasteiger partial charge in [0.2, 0.25) is 5.88 Å². The van der Waals surface area contributed by atoms with Crippen molar-refractivity contribution in [1.82, 2.24) is 9.88 Å². The number of benzene rings is 1. The summed E-state index contributed by atoms with van der Waals surface area (Å²) in [6.45, 7) is 4.50. The number of carbonyl (C=O) groups is 1. The third-order valence-electron chi connectivity index (χ3n) is 5.69. The van der Waals surface area contributed by atoms with Crippen molar-refractivity contribution in [2.24, 2.45) is 5.41 Å². The van der Waals surface area contributed by atoms with Crippen molar-refractivity contribution < 1.29 is 14.3 Å². The highest BCUT2D eigenvalue weighted by Crippen LogP contribution is 2.43. The molecule has 2 saturated heterocycles. The number of fused-ring (bicyclic) bond motifs is 1. The van der Waals surface area contributed by atoms with Crippen molar-refractivity contribution in [2.45, 2.75) is 0 Å².